The fourth-order valence-corrected chi connectivity index (χ4v) is 5.17. The second-order valence-electron chi connectivity index (χ2n) is 7.50. The molecule has 3 atom stereocenters. The van der Waals surface area contributed by atoms with E-state index in [2.05, 4.69) is 21.9 Å². The zero-order chi connectivity index (χ0) is 17.6. The monoisotopic (exact) mass is 344 g/mol. The van der Waals surface area contributed by atoms with Crippen LogP contribution < -0.4 is 9.47 Å². The van der Waals surface area contributed by atoms with Gasteiger partial charge < -0.3 is 14.4 Å². The number of hydrogen-bond donors (Lipinski definition) is 0. The zero-order valence-corrected chi connectivity index (χ0v) is 15.5. The first kappa shape index (κ1) is 16.7. The molecular weight excluding hydrogens is 316 g/mol. The number of ether oxygens (including phenoxy) is 2. The van der Waals surface area contributed by atoms with E-state index in [1.54, 1.807) is 21.1 Å². The predicted molar refractivity (Wildman–Crippen MR) is 96.1 cm³/mol. The van der Waals surface area contributed by atoms with Crippen molar-refractivity contribution in [3.05, 3.63) is 23.3 Å². The SMILES string of the molecule is COc1cc2c(cc1OC)[C@H]1CN(C(C)=O)C3CCCCC3N1CC2. The molecule has 25 heavy (non-hydrogen) atoms. The predicted octanol–water partition coefficient (Wildman–Crippen LogP) is 2.78. The molecule has 1 amide bonds. The maximum atomic E-state index is 12.3. The Hall–Kier alpha value is -1.75. The van der Waals surface area contributed by atoms with Gasteiger partial charge in [0.15, 0.2) is 11.5 Å². The van der Waals surface area contributed by atoms with E-state index in [1.165, 1.54) is 30.4 Å². The van der Waals surface area contributed by atoms with Crippen molar-refractivity contribution in [2.24, 2.45) is 0 Å². The fraction of sp³-hybridized carbons (Fsp3) is 0.650. The summed E-state index contributed by atoms with van der Waals surface area (Å²) in [5.74, 6) is 1.79. The van der Waals surface area contributed by atoms with E-state index >= 15 is 0 Å². The van der Waals surface area contributed by atoms with Crippen molar-refractivity contribution in [1.82, 2.24) is 9.80 Å². The molecule has 1 saturated heterocycles. The molecule has 0 N–H and O–H groups in total. The molecule has 0 spiro atoms. The van der Waals surface area contributed by atoms with E-state index in [4.69, 9.17) is 9.47 Å². The number of carbonyl (C=O) groups excluding carboxylic acids is 1. The van der Waals surface area contributed by atoms with Gasteiger partial charge in [0.25, 0.3) is 0 Å². The number of nitrogens with zero attached hydrogens (tertiary/aromatic N) is 2. The number of hydrogen-bond acceptors (Lipinski definition) is 4. The summed E-state index contributed by atoms with van der Waals surface area (Å²) in [6.07, 6.45) is 5.90. The van der Waals surface area contributed by atoms with Crippen LogP contribution >= 0.6 is 0 Å². The molecule has 136 valence electrons. The minimum absolute atomic E-state index is 0.212. The summed E-state index contributed by atoms with van der Waals surface area (Å²) in [6.45, 7) is 3.58. The average molecular weight is 344 g/mol. The van der Waals surface area contributed by atoms with Gasteiger partial charge in [-0.3, -0.25) is 9.69 Å². The highest BCUT2D eigenvalue weighted by molar-refractivity contribution is 5.74. The molecule has 5 heteroatoms. The Kier molecular flexibility index (Phi) is 4.36. The highest BCUT2D eigenvalue weighted by Crippen LogP contribution is 2.44. The van der Waals surface area contributed by atoms with Crippen LogP contribution in [0.25, 0.3) is 0 Å². The molecule has 3 aliphatic rings. The number of carbonyl (C=O) groups is 1. The minimum atomic E-state index is 0.212. The Morgan fingerprint density at radius 1 is 1.08 bits per heavy atom. The highest BCUT2D eigenvalue weighted by atomic mass is 16.5. The molecule has 2 unspecified atom stereocenters. The molecule has 1 aromatic carbocycles. The van der Waals surface area contributed by atoms with E-state index in [1.807, 2.05) is 0 Å². The second kappa shape index (κ2) is 6.52. The number of methoxy groups -OCH3 is 2. The summed E-state index contributed by atoms with van der Waals surface area (Å²) in [4.78, 5) is 17.1. The van der Waals surface area contributed by atoms with Gasteiger partial charge in [0.1, 0.15) is 0 Å². The normalized spacial score (nSPS) is 28.6. The minimum Gasteiger partial charge on any atom is -0.493 e. The van der Waals surface area contributed by atoms with Crippen LogP contribution in [0, 0.1) is 0 Å². The van der Waals surface area contributed by atoms with E-state index in [9.17, 15) is 4.79 Å². The van der Waals surface area contributed by atoms with Crippen molar-refractivity contribution < 1.29 is 14.3 Å². The molecule has 0 aromatic heterocycles. The first-order chi connectivity index (χ1) is 12.1. The Morgan fingerprint density at radius 2 is 1.76 bits per heavy atom. The number of fused-ring (bicyclic) bond motifs is 5. The standard InChI is InChI=1S/C20H28N2O3/c1-13(23)22-12-18-15-11-20(25-3)19(24-2)10-14(15)8-9-21(18)16-6-4-5-7-17(16)22/h10-11,16-18H,4-9,12H2,1-3H3/t16?,17?,18-/m1/s1. The summed E-state index contributed by atoms with van der Waals surface area (Å²) >= 11 is 0. The van der Waals surface area contributed by atoms with Gasteiger partial charge in [0.2, 0.25) is 5.91 Å². The molecule has 0 radical (unpaired) electrons. The molecule has 2 heterocycles. The van der Waals surface area contributed by atoms with Gasteiger partial charge in [-0.25, -0.2) is 0 Å². The van der Waals surface area contributed by atoms with Gasteiger partial charge >= 0.3 is 0 Å². The van der Waals surface area contributed by atoms with Crippen LogP contribution in [0.5, 0.6) is 11.5 Å². The molecule has 0 bridgehead atoms. The largest absolute Gasteiger partial charge is 0.493 e. The molecule has 1 aromatic rings. The van der Waals surface area contributed by atoms with Crippen LogP contribution in [0.1, 0.15) is 49.8 Å². The van der Waals surface area contributed by atoms with Crippen LogP contribution in [0.4, 0.5) is 0 Å². The van der Waals surface area contributed by atoms with Gasteiger partial charge in [0.05, 0.1) is 20.3 Å². The summed E-state index contributed by atoms with van der Waals surface area (Å²) in [7, 11) is 3.37. The highest BCUT2D eigenvalue weighted by Gasteiger charge is 2.45. The number of piperazine rings is 1. The Balaban J connectivity index is 1.74. The van der Waals surface area contributed by atoms with Crippen molar-refractivity contribution >= 4 is 5.91 Å². The topological polar surface area (TPSA) is 42.0 Å². The van der Waals surface area contributed by atoms with Crippen LogP contribution in [-0.2, 0) is 11.2 Å². The van der Waals surface area contributed by atoms with Gasteiger partial charge in [-0.15, -0.1) is 0 Å². The van der Waals surface area contributed by atoms with E-state index in [-0.39, 0.29) is 11.9 Å². The van der Waals surface area contributed by atoms with Crippen LogP contribution in [0.3, 0.4) is 0 Å². The average Bonchev–Trinajstić information content (AvgIpc) is 2.65. The third kappa shape index (κ3) is 2.69. The lowest BCUT2D eigenvalue weighted by Gasteiger charge is -2.55. The van der Waals surface area contributed by atoms with E-state index in [0.717, 1.165) is 37.4 Å². The Morgan fingerprint density at radius 3 is 2.44 bits per heavy atom. The van der Waals surface area contributed by atoms with Crippen molar-refractivity contribution in [2.75, 3.05) is 27.3 Å². The molecule has 2 aliphatic heterocycles. The van der Waals surface area contributed by atoms with Crippen LogP contribution in [0.2, 0.25) is 0 Å². The van der Waals surface area contributed by atoms with Crippen molar-refractivity contribution in [2.45, 2.75) is 57.2 Å². The van der Waals surface area contributed by atoms with Gasteiger partial charge in [-0.05, 0) is 42.5 Å². The van der Waals surface area contributed by atoms with Crippen molar-refractivity contribution in [3.63, 3.8) is 0 Å². The third-order valence-corrected chi connectivity index (χ3v) is 6.34. The lowest BCUT2D eigenvalue weighted by molar-refractivity contribution is -0.141. The van der Waals surface area contributed by atoms with Gasteiger partial charge in [-0.2, -0.15) is 0 Å². The molecule has 1 saturated carbocycles. The maximum Gasteiger partial charge on any atom is 0.219 e. The van der Waals surface area contributed by atoms with E-state index in [0.29, 0.717) is 12.1 Å². The molecule has 2 fully saturated rings. The Labute approximate surface area is 149 Å². The number of amides is 1. The molecule has 5 nitrogen and oxygen atoms in total. The Bertz CT molecular complexity index is 675. The van der Waals surface area contributed by atoms with Gasteiger partial charge in [-0.1, -0.05) is 12.8 Å². The maximum absolute atomic E-state index is 12.3. The quantitative estimate of drug-likeness (QED) is 0.827. The molecular formula is C20H28N2O3. The zero-order valence-electron chi connectivity index (χ0n) is 15.5. The third-order valence-electron chi connectivity index (χ3n) is 6.34. The van der Waals surface area contributed by atoms with E-state index < -0.39 is 0 Å². The molecule has 1 aliphatic carbocycles. The first-order valence-corrected chi connectivity index (χ1v) is 9.41. The summed E-state index contributed by atoms with van der Waals surface area (Å²) < 4.78 is 11.0. The van der Waals surface area contributed by atoms with Crippen LogP contribution in [0.15, 0.2) is 12.1 Å². The second-order valence-corrected chi connectivity index (χ2v) is 7.50. The summed E-state index contributed by atoms with van der Waals surface area (Å²) in [5, 5.41) is 0. The van der Waals surface area contributed by atoms with Crippen molar-refractivity contribution in [3.8, 4) is 11.5 Å². The lowest BCUT2D eigenvalue weighted by atomic mass is 9.80. The first-order valence-electron chi connectivity index (χ1n) is 9.41. The summed E-state index contributed by atoms with van der Waals surface area (Å²) in [6, 6.07) is 5.41. The van der Waals surface area contributed by atoms with Crippen LogP contribution in [-0.4, -0.2) is 55.1 Å². The smallest absolute Gasteiger partial charge is 0.219 e. The lowest BCUT2D eigenvalue weighted by Crippen LogP contribution is -2.63. The number of rotatable bonds is 2. The number of benzene rings is 1. The van der Waals surface area contributed by atoms with Crippen molar-refractivity contribution in [1.29, 1.82) is 0 Å². The fourth-order valence-electron chi connectivity index (χ4n) is 5.17. The van der Waals surface area contributed by atoms with Gasteiger partial charge in [0, 0.05) is 32.1 Å². The summed E-state index contributed by atoms with van der Waals surface area (Å²) in [5.41, 5.74) is 2.64. The molecule has 4 rings (SSSR count).